The van der Waals surface area contributed by atoms with E-state index in [4.69, 9.17) is 16.7 Å². The first-order valence-corrected chi connectivity index (χ1v) is 2.93. The summed E-state index contributed by atoms with van der Waals surface area (Å²) in [5.74, 6) is -1.06. The number of halogens is 1. The maximum atomic E-state index is 10.3. The second-order valence-corrected chi connectivity index (χ2v) is 2.00. The SMILES string of the molecule is O=C(O)c1cccnc1Cl.[H-].[K+]. The van der Waals surface area contributed by atoms with Crippen LogP contribution in [-0.2, 0) is 0 Å². The van der Waals surface area contributed by atoms with Crippen molar-refractivity contribution in [3.8, 4) is 0 Å². The Morgan fingerprint density at radius 2 is 2.36 bits per heavy atom. The summed E-state index contributed by atoms with van der Waals surface area (Å²) < 4.78 is 0. The molecule has 0 aliphatic rings. The molecule has 0 atom stereocenters. The normalized spacial score (nSPS) is 8.45. The molecule has 1 rings (SSSR count). The summed E-state index contributed by atoms with van der Waals surface area (Å²) in [6, 6.07) is 2.92. The molecule has 0 bridgehead atoms. The van der Waals surface area contributed by atoms with Gasteiger partial charge < -0.3 is 6.53 Å². The first-order valence-electron chi connectivity index (χ1n) is 2.55. The first kappa shape index (κ1) is 11.5. The maximum Gasteiger partial charge on any atom is 1.00 e. The molecule has 5 heteroatoms. The smallest absolute Gasteiger partial charge is 1.00 e. The Morgan fingerprint density at radius 3 is 2.73 bits per heavy atom. The molecular weight excluding hydrogens is 193 g/mol. The Hall–Kier alpha value is 0.546. The molecule has 0 aliphatic carbocycles. The van der Waals surface area contributed by atoms with E-state index in [1.807, 2.05) is 0 Å². The predicted octanol–water partition coefficient (Wildman–Crippen LogP) is -1.45. The Kier molecular flexibility index (Phi) is 5.50. The third-order valence-electron chi connectivity index (χ3n) is 0.989. The minimum Gasteiger partial charge on any atom is -1.00 e. The molecular formula is C6H5ClKNO2. The minimum absolute atomic E-state index is 0. The largest absolute Gasteiger partial charge is 1.00 e. The van der Waals surface area contributed by atoms with Crippen molar-refractivity contribution in [2.75, 3.05) is 0 Å². The van der Waals surface area contributed by atoms with Crippen molar-refractivity contribution in [1.82, 2.24) is 4.98 Å². The van der Waals surface area contributed by atoms with Crippen LogP contribution in [0.15, 0.2) is 18.3 Å². The Bertz CT molecular complexity index is 271. The fraction of sp³-hybridized carbons (Fsp3) is 0. The van der Waals surface area contributed by atoms with Crippen molar-refractivity contribution in [3.63, 3.8) is 0 Å². The molecule has 1 N–H and O–H groups in total. The van der Waals surface area contributed by atoms with E-state index in [-0.39, 0.29) is 63.5 Å². The van der Waals surface area contributed by atoms with Gasteiger partial charge in [0, 0.05) is 6.20 Å². The third kappa shape index (κ3) is 3.19. The minimum atomic E-state index is -1.06. The fourth-order valence-electron chi connectivity index (χ4n) is 0.546. The van der Waals surface area contributed by atoms with Crippen LogP contribution in [0, 0.1) is 0 Å². The molecule has 0 spiro atoms. The van der Waals surface area contributed by atoms with Gasteiger partial charge in [0.05, 0.1) is 5.56 Å². The number of aromatic carboxylic acids is 1. The third-order valence-corrected chi connectivity index (χ3v) is 1.29. The molecule has 11 heavy (non-hydrogen) atoms. The van der Waals surface area contributed by atoms with Crippen LogP contribution in [0.5, 0.6) is 0 Å². The number of pyridine rings is 1. The summed E-state index contributed by atoms with van der Waals surface area (Å²) in [4.78, 5) is 13.9. The summed E-state index contributed by atoms with van der Waals surface area (Å²) in [5.41, 5.74) is 0.0316. The van der Waals surface area contributed by atoms with Crippen LogP contribution < -0.4 is 51.4 Å². The van der Waals surface area contributed by atoms with Gasteiger partial charge in [0.1, 0.15) is 5.15 Å². The molecule has 0 radical (unpaired) electrons. The van der Waals surface area contributed by atoms with Gasteiger partial charge in [0.2, 0.25) is 0 Å². The molecule has 0 fully saturated rings. The summed E-state index contributed by atoms with van der Waals surface area (Å²) in [6.07, 6.45) is 1.44. The van der Waals surface area contributed by atoms with Crippen LogP contribution in [-0.4, -0.2) is 16.1 Å². The van der Waals surface area contributed by atoms with Gasteiger partial charge in [-0.3, -0.25) is 0 Å². The second-order valence-electron chi connectivity index (χ2n) is 1.65. The zero-order valence-corrected chi connectivity index (χ0v) is 9.79. The molecule has 0 amide bonds. The molecule has 1 heterocycles. The van der Waals surface area contributed by atoms with Crippen molar-refractivity contribution >= 4 is 17.6 Å². The summed E-state index contributed by atoms with van der Waals surface area (Å²) in [7, 11) is 0. The van der Waals surface area contributed by atoms with E-state index in [0.29, 0.717) is 0 Å². The van der Waals surface area contributed by atoms with Crippen LogP contribution in [0.4, 0.5) is 0 Å². The first-order chi connectivity index (χ1) is 4.72. The number of hydrogen-bond donors (Lipinski definition) is 1. The summed E-state index contributed by atoms with van der Waals surface area (Å²) in [6.45, 7) is 0. The molecule has 0 aliphatic heterocycles. The number of hydrogen-bond acceptors (Lipinski definition) is 2. The average molecular weight is 198 g/mol. The number of carboxylic acid groups (broad SMARTS) is 1. The number of carbonyl (C=O) groups is 1. The van der Waals surface area contributed by atoms with Gasteiger partial charge in [-0.05, 0) is 12.1 Å². The monoisotopic (exact) mass is 197 g/mol. The van der Waals surface area contributed by atoms with E-state index >= 15 is 0 Å². The van der Waals surface area contributed by atoms with Crippen LogP contribution in [0.2, 0.25) is 5.15 Å². The van der Waals surface area contributed by atoms with E-state index in [1.54, 1.807) is 0 Å². The van der Waals surface area contributed by atoms with E-state index < -0.39 is 5.97 Å². The Balaban J connectivity index is 0. The predicted molar refractivity (Wildman–Crippen MR) is 37.3 cm³/mol. The number of rotatable bonds is 1. The van der Waals surface area contributed by atoms with Gasteiger partial charge in [-0.25, -0.2) is 9.78 Å². The summed E-state index contributed by atoms with van der Waals surface area (Å²) in [5, 5.41) is 8.46. The topological polar surface area (TPSA) is 50.2 Å². The van der Waals surface area contributed by atoms with Crippen molar-refractivity contribution in [1.29, 1.82) is 0 Å². The zero-order valence-electron chi connectivity index (χ0n) is 6.91. The van der Waals surface area contributed by atoms with Crippen molar-refractivity contribution < 1.29 is 62.7 Å². The molecule has 0 saturated carbocycles. The fourth-order valence-corrected chi connectivity index (χ4v) is 0.746. The molecule has 0 aromatic carbocycles. The van der Waals surface area contributed by atoms with E-state index in [0.717, 1.165) is 0 Å². The molecule has 0 unspecified atom stereocenters. The number of nitrogens with zero attached hydrogens (tertiary/aromatic N) is 1. The quantitative estimate of drug-likeness (QED) is 0.443. The summed E-state index contributed by atoms with van der Waals surface area (Å²) >= 11 is 5.43. The molecule has 1 aromatic rings. The van der Waals surface area contributed by atoms with Gasteiger partial charge >= 0.3 is 57.4 Å². The van der Waals surface area contributed by atoms with Gasteiger partial charge in [-0.2, -0.15) is 0 Å². The molecule has 1 aromatic heterocycles. The van der Waals surface area contributed by atoms with Gasteiger partial charge in [0.15, 0.2) is 0 Å². The van der Waals surface area contributed by atoms with Crippen LogP contribution in [0.3, 0.4) is 0 Å². The maximum absolute atomic E-state index is 10.3. The average Bonchev–Trinajstić information content (AvgIpc) is 1.88. The molecule has 54 valence electrons. The van der Waals surface area contributed by atoms with Gasteiger partial charge in [-0.1, -0.05) is 11.6 Å². The second kappa shape index (κ2) is 5.24. The molecule has 3 nitrogen and oxygen atoms in total. The zero-order chi connectivity index (χ0) is 7.56. The Labute approximate surface area is 113 Å². The van der Waals surface area contributed by atoms with Crippen LogP contribution in [0.1, 0.15) is 11.8 Å². The van der Waals surface area contributed by atoms with Crippen LogP contribution in [0.25, 0.3) is 0 Å². The van der Waals surface area contributed by atoms with Crippen molar-refractivity contribution in [2.45, 2.75) is 0 Å². The van der Waals surface area contributed by atoms with Crippen LogP contribution >= 0.6 is 11.6 Å². The Morgan fingerprint density at radius 1 is 1.73 bits per heavy atom. The van der Waals surface area contributed by atoms with Gasteiger partial charge in [0.25, 0.3) is 0 Å². The number of aromatic nitrogens is 1. The van der Waals surface area contributed by atoms with E-state index in [2.05, 4.69) is 4.98 Å². The standard InChI is InChI=1S/C6H4ClNO2.K.H/c7-5-4(6(9)10)2-1-3-8-5;;/h1-3H,(H,9,10);;/q;+1;-1. The van der Waals surface area contributed by atoms with Crippen molar-refractivity contribution in [3.05, 3.63) is 29.0 Å². The van der Waals surface area contributed by atoms with Crippen molar-refractivity contribution in [2.24, 2.45) is 0 Å². The van der Waals surface area contributed by atoms with Gasteiger partial charge in [-0.15, -0.1) is 0 Å². The van der Waals surface area contributed by atoms with E-state index in [1.165, 1.54) is 18.3 Å². The number of carboxylic acids is 1. The molecule has 0 saturated heterocycles. The van der Waals surface area contributed by atoms with E-state index in [9.17, 15) is 4.79 Å².